The van der Waals surface area contributed by atoms with Crippen LogP contribution in [0.25, 0.3) is 0 Å². The Kier molecular flexibility index (Phi) is 4.96. The normalized spacial score (nSPS) is 11.1. The summed E-state index contributed by atoms with van der Waals surface area (Å²) in [6.07, 6.45) is 1.31. The number of carbonyl (C=O) groups excluding carboxylic acids is 2. The zero-order valence-corrected chi connectivity index (χ0v) is 13.8. The molecule has 0 aliphatic heterocycles. The van der Waals surface area contributed by atoms with Crippen molar-refractivity contribution in [3.63, 3.8) is 0 Å². The van der Waals surface area contributed by atoms with Gasteiger partial charge in [-0.1, -0.05) is 6.07 Å². The van der Waals surface area contributed by atoms with Gasteiger partial charge >= 0.3 is 6.03 Å². The maximum absolute atomic E-state index is 13.5. The van der Waals surface area contributed by atoms with Gasteiger partial charge in [-0.05, 0) is 39.0 Å². The van der Waals surface area contributed by atoms with Gasteiger partial charge in [0.05, 0.1) is 5.54 Å². The minimum atomic E-state index is -1.27. The Morgan fingerprint density at radius 3 is 2.28 bits per heavy atom. The molecule has 1 aromatic carbocycles. The lowest BCUT2D eigenvalue weighted by molar-refractivity contribution is 0.0959. The SMILES string of the molecule is CC(C)(C)n1nccc(NC(=O)NC(=O)c2c(F)cccc2F)c1=O. The van der Waals surface area contributed by atoms with Crippen LogP contribution in [0.4, 0.5) is 19.3 Å². The smallest absolute Gasteiger partial charge is 0.303 e. The molecule has 2 rings (SSSR count). The highest BCUT2D eigenvalue weighted by Crippen LogP contribution is 2.12. The fourth-order valence-electron chi connectivity index (χ4n) is 2.02. The molecule has 25 heavy (non-hydrogen) atoms. The summed E-state index contributed by atoms with van der Waals surface area (Å²) in [5.74, 6) is -3.48. The molecule has 0 aliphatic rings. The Hall–Kier alpha value is -3.10. The molecule has 7 nitrogen and oxygen atoms in total. The van der Waals surface area contributed by atoms with Crippen molar-refractivity contribution in [3.8, 4) is 0 Å². The summed E-state index contributed by atoms with van der Waals surface area (Å²) in [6, 6.07) is 3.02. The second-order valence-electron chi connectivity index (χ2n) is 6.14. The predicted molar refractivity (Wildman–Crippen MR) is 86.3 cm³/mol. The fourth-order valence-corrected chi connectivity index (χ4v) is 2.02. The van der Waals surface area contributed by atoms with E-state index in [9.17, 15) is 23.2 Å². The van der Waals surface area contributed by atoms with Crippen LogP contribution in [-0.2, 0) is 5.54 Å². The van der Waals surface area contributed by atoms with Crippen molar-refractivity contribution in [2.45, 2.75) is 26.3 Å². The molecule has 1 heterocycles. The average Bonchev–Trinajstić information content (AvgIpc) is 2.47. The third kappa shape index (κ3) is 4.06. The van der Waals surface area contributed by atoms with Gasteiger partial charge in [0.15, 0.2) is 0 Å². The molecule has 2 N–H and O–H groups in total. The number of amides is 3. The molecular weight excluding hydrogens is 334 g/mol. The fraction of sp³-hybridized carbons (Fsp3) is 0.250. The summed E-state index contributed by atoms with van der Waals surface area (Å²) in [5, 5.41) is 7.86. The number of rotatable bonds is 2. The van der Waals surface area contributed by atoms with Gasteiger partial charge in [0, 0.05) is 6.20 Å². The van der Waals surface area contributed by atoms with Crippen molar-refractivity contribution in [2.24, 2.45) is 0 Å². The molecule has 0 atom stereocenters. The summed E-state index contributed by atoms with van der Waals surface area (Å²) < 4.78 is 28.2. The monoisotopic (exact) mass is 350 g/mol. The molecule has 0 spiro atoms. The second kappa shape index (κ2) is 6.80. The van der Waals surface area contributed by atoms with Gasteiger partial charge in [-0.15, -0.1) is 0 Å². The maximum Gasteiger partial charge on any atom is 0.326 e. The van der Waals surface area contributed by atoms with Crippen LogP contribution in [0.2, 0.25) is 0 Å². The van der Waals surface area contributed by atoms with Crippen LogP contribution in [0.3, 0.4) is 0 Å². The van der Waals surface area contributed by atoms with Crippen molar-refractivity contribution in [2.75, 3.05) is 5.32 Å². The van der Waals surface area contributed by atoms with Crippen LogP contribution in [0, 0.1) is 11.6 Å². The standard InChI is InChI=1S/C16H16F2N4O3/c1-16(2,3)22-14(24)11(7-8-19-22)20-15(25)21-13(23)12-9(17)5-4-6-10(12)18/h4-8H,1-3H3,(H2,20,21,23,25). The van der Waals surface area contributed by atoms with Crippen molar-refractivity contribution in [1.29, 1.82) is 0 Å². The van der Waals surface area contributed by atoms with E-state index in [1.54, 1.807) is 26.1 Å². The van der Waals surface area contributed by atoms with Crippen molar-refractivity contribution in [3.05, 3.63) is 58.0 Å². The number of imide groups is 1. The summed E-state index contributed by atoms with van der Waals surface area (Å²) in [7, 11) is 0. The minimum absolute atomic E-state index is 0.135. The van der Waals surface area contributed by atoms with Crippen LogP contribution in [0.15, 0.2) is 35.3 Å². The quantitative estimate of drug-likeness (QED) is 0.869. The predicted octanol–water partition coefficient (Wildman–Crippen LogP) is 2.24. The first-order valence-electron chi connectivity index (χ1n) is 7.26. The zero-order valence-electron chi connectivity index (χ0n) is 13.8. The third-order valence-electron chi connectivity index (χ3n) is 3.15. The summed E-state index contributed by atoms with van der Waals surface area (Å²) >= 11 is 0. The molecule has 1 aromatic heterocycles. The molecule has 132 valence electrons. The Labute approximate surface area is 141 Å². The first kappa shape index (κ1) is 18.2. The van der Waals surface area contributed by atoms with E-state index in [0.717, 1.165) is 22.9 Å². The highest BCUT2D eigenvalue weighted by molar-refractivity contribution is 6.08. The maximum atomic E-state index is 13.5. The molecule has 0 radical (unpaired) electrons. The van der Waals surface area contributed by atoms with Gasteiger partial charge in [0.1, 0.15) is 22.9 Å². The molecule has 0 unspecified atom stereocenters. The Balaban J connectivity index is 2.19. The number of carbonyl (C=O) groups is 2. The summed E-state index contributed by atoms with van der Waals surface area (Å²) in [6.45, 7) is 5.24. The molecule has 0 saturated carbocycles. The Morgan fingerprint density at radius 2 is 1.72 bits per heavy atom. The van der Waals surface area contributed by atoms with Crippen molar-refractivity contribution < 1.29 is 18.4 Å². The lowest BCUT2D eigenvalue weighted by Crippen LogP contribution is -2.40. The first-order chi connectivity index (χ1) is 11.6. The number of benzene rings is 1. The van der Waals surface area contributed by atoms with E-state index in [4.69, 9.17) is 0 Å². The number of urea groups is 1. The Morgan fingerprint density at radius 1 is 1.12 bits per heavy atom. The number of nitrogens with zero attached hydrogens (tertiary/aromatic N) is 2. The number of halogens is 2. The molecular formula is C16H16F2N4O3. The number of anilines is 1. The molecule has 0 fully saturated rings. The summed E-state index contributed by atoms with van der Waals surface area (Å²) in [4.78, 5) is 36.0. The molecule has 9 heteroatoms. The number of nitrogens with one attached hydrogen (secondary N) is 2. The van der Waals surface area contributed by atoms with E-state index in [-0.39, 0.29) is 5.69 Å². The van der Waals surface area contributed by atoms with Gasteiger partial charge in [-0.2, -0.15) is 5.10 Å². The average molecular weight is 350 g/mol. The number of aromatic nitrogens is 2. The van der Waals surface area contributed by atoms with E-state index in [2.05, 4.69) is 10.4 Å². The number of hydrogen-bond acceptors (Lipinski definition) is 4. The molecule has 0 aliphatic carbocycles. The molecule has 3 amide bonds. The minimum Gasteiger partial charge on any atom is -0.303 e. The summed E-state index contributed by atoms with van der Waals surface area (Å²) in [5.41, 5.74) is -2.24. The van der Waals surface area contributed by atoms with Gasteiger partial charge in [-0.25, -0.2) is 18.3 Å². The van der Waals surface area contributed by atoms with E-state index < -0.39 is 40.2 Å². The van der Waals surface area contributed by atoms with Gasteiger partial charge < -0.3 is 5.32 Å². The van der Waals surface area contributed by atoms with Crippen molar-refractivity contribution in [1.82, 2.24) is 15.1 Å². The van der Waals surface area contributed by atoms with Crippen LogP contribution < -0.4 is 16.2 Å². The largest absolute Gasteiger partial charge is 0.326 e. The zero-order chi connectivity index (χ0) is 18.8. The van der Waals surface area contributed by atoms with Crippen molar-refractivity contribution >= 4 is 17.6 Å². The van der Waals surface area contributed by atoms with Crippen LogP contribution in [0.5, 0.6) is 0 Å². The topological polar surface area (TPSA) is 93.1 Å². The van der Waals surface area contributed by atoms with Gasteiger partial charge in [0.2, 0.25) is 0 Å². The number of hydrogen-bond donors (Lipinski definition) is 2. The van der Waals surface area contributed by atoms with E-state index in [0.29, 0.717) is 0 Å². The third-order valence-corrected chi connectivity index (χ3v) is 3.15. The lowest BCUT2D eigenvalue weighted by atomic mass is 10.1. The Bertz CT molecular complexity index is 867. The van der Waals surface area contributed by atoms with Gasteiger partial charge in [0.25, 0.3) is 11.5 Å². The highest BCUT2D eigenvalue weighted by atomic mass is 19.1. The molecule has 0 saturated heterocycles. The molecule has 2 aromatic rings. The molecule has 0 bridgehead atoms. The van der Waals surface area contributed by atoms with Crippen LogP contribution >= 0.6 is 0 Å². The van der Waals surface area contributed by atoms with E-state index in [1.165, 1.54) is 12.3 Å². The first-order valence-corrected chi connectivity index (χ1v) is 7.26. The highest BCUT2D eigenvalue weighted by Gasteiger charge is 2.21. The van der Waals surface area contributed by atoms with E-state index in [1.807, 2.05) is 0 Å². The van der Waals surface area contributed by atoms with Crippen LogP contribution in [0.1, 0.15) is 31.1 Å². The second-order valence-corrected chi connectivity index (χ2v) is 6.14. The van der Waals surface area contributed by atoms with Gasteiger partial charge in [-0.3, -0.25) is 14.9 Å². The van der Waals surface area contributed by atoms with Crippen LogP contribution in [-0.4, -0.2) is 21.7 Å². The van der Waals surface area contributed by atoms with E-state index >= 15 is 0 Å². The lowest BCUT2D eigenvalue weighted by Gasteiger charge is -2.20.